The van der Waals surface area contributed by atoms with Gasteiger partial charge in [-0.05, 0) is 30.0 Å². The van der Waals surface area contributed by atoms with Crippen molar-refractivity contribution in [2.45, 2.75) is 58.8 Å². The number of carbonyl (C=O) groups excluding carboxylic acids is 3. The Morgan fingerprint density at radius 2 is 1.63 bits per heavy atom. The topological polar surface area (TPSA) is 78.9 Å². The molecule has 6 nitrogen and oxygen atoms in total. The Balaban J connectivity index is 2.23. The van der Waals surface area contributed by atoms with Crippen molar-refractivity contribution in [1.82, 2.24) is 0 Å². The van der Waals surface area contributed by atoms with Crippen molar-refractivity contribution in [1.29, 1.82) is 0 Å². The number of ether oxygens (including phenoxy) is 3. The molecule has 2 aromatic carbocycles. The van der Waals surface area contributed by atoms with E-state index in [9.17, 15) is 14.4 Å². The molecule has 0 spiro atoms. The van der Waals surface area contributed by atoms with Gasteiger partial charge in [-0.25, -0.2) is 0 Å². The van der Waals surface area contributed by atoms with Crippen molar-refractivity contribution in [3.05, 3.63) is 64.7 Å². The first-order valence-electron chi connectivity index (χ1n) is 9.76. The van der Waals surface area contributed by atoms with Gasteiger partial charge in [-0.15, -0.1) is 0 Å². The van der Waals surface area contributed by atoms with Gasteiger partial charge in [0.1, 0.15) is 5.75 Å². The van der Waals surface area contributed by atoms with Gasteiger partial charge in [0.15, 0.2) is 0 Å². The third-order valence-electron chi connectivity index (χ3n) is 4.98. The molecule has 0 saturated heterocycles. The van der Waals surface area contributed by atoms with Crippen molar-refractivity contribution in [2.75, 3.05) is 0 Å². The zero-order chi connectivity index (χ0) is 22.3. The number of Topliss-reactive ketones (excluding diaryl/α,β-unsaturated/α-hetero) is 1. The van der Waals surface area contributed by atoms with Gasteiger partial charge in [0.2, 0.25) is 11.9 Å². The average molecular weight is 410 g/mol. The number of carbonyl (C=O) groups is 3. The molecule has 30 heavy (non-hydrogen) atoms. The summed E-state index contributed by atoms with van der Waals surface area (Å²) in [5.74, 6) is -3.51. The van der Waals surface area contributed by atoms with Crippen molar-refractivity contribution in [3.63, 3.8) is 0 Å². The lowest BCUT2D eigenvalue weighted by atomic mass is 9.84. The van der Waals surface area contributed by atoms with E-state index in [0.717, 1.165) is 11.1 Å². The average Bonchev–Trinajstić information content (AvgIpc) is 2.64. The maximum atomic E-state index is 13.4. The van der Waals surface area contributed by atoms with Gasteiger partial charge in [-0.3, -0.25) is 14.4 Å². The molecular formula is C24H26O6. The minimum Gasteiger partial charge on any atom is -0.445 e. The predicted molar refractivity (Wildman–Crippen MR) is 110 cm³/mol. The van der Waals surface area contributed by atoms with Crippen LogP contribution in [0.15, 0.2) is 42.5 Å². The van der Waals surface area contributed by atoms with E-state index >= 15 is 0 Å². The van der Waals surface area contributed by atoms with Crippen molar-refractivity contribution in [2.24, 2.45) is 0 Å². The molecule has 0 N–H and O–H groups in total. The first-order chi connectivity index (χ1) is 13.9. The Hall–Kier alpha value is -3.15. The standard InChI is InChI=1S/C24H26O6/c1-14-7-12-20-19(13-14)21(27)22(28-15(2)25)24(30-20,29-16(3)26)18-10-8-17(9-11-18)23(4,5)6/h7-13,22H,1-6H3. The van der Waals surface area contributed by atoms with Crippen LogP contribution in [0, 0.1) is 6.92 Å². The van der Waals surface area contributed by atoms with Crippen LogP contribution in [-0.2, 0) is 30.3 Å². The van der Waals surface area contributed by atoms with Gasteiger partial charge >= 0.3 is 17.7 Å². The molecule has 0 amide bonds. The van der Waals surface area contributed by atoms with E-state index in [-0.39, 0.29) is 16.7 Å². The van der Waals surface area contributed by atoms with E-state index in [1.54, 1.807) is 30.3 Å². The number of aryl methyl sites for hydroxylation is 1. The van der Waals surface area contributed by atoms with Crippen LogP contribution in [0.5, 0.6) is 5.75 Å². The molecule has 2 aromatic rings. The van der Waals surface area contributed by atoms with Crippen LogP contribution in [-0.4, -0.2) is 23.8 Å². The number of benzene rings is 2. The smallest absolute Gasteiger partial charge is 0.326 e. The van der Waals surface area contributed by atoms with Crippen LogP contribution in [0.4, 0.5) is 0 Å². The lowest BCUT2D eigenvalue weighted by Gasteiger charge is -2.41. The quantitative estimate of drug-likeness (QED) is 0.705. The second-order valence-electron chi connectivity index (χ2n) is 8.54. The molecule has 0 fully saturated rings. The number of rotatable bonds is 3. The maximum Gasteiger partial charge on any atom is 0.326 e. The second-order valence-corrected chi connectivity index (χ2v) is 8.54. The lowest BCUT2D eigenvalue weighted by Crippen LogP contribution is -2.56. The number of fused-ring (bicyclic) bond motifs is 1. The highest BCUT2D eigenvalue weighted by molar-refractivity contribution is 6.04. The molecule has 0 bridgehead atoms. The number of hydrogen-bond donors (Lipinski definition) is 0. The van der Waals surface area contributed by atoms with E-state index in [1.165, 1.54) is 13.8 Å². The first-order valence-corrected chi connectivity index (χ1v) is 9.76. The van der Waals surface area contributed by atoms with Crippen LogP contribution in [0.1, 0.15) is 61.7 Å². The Kier molecular flexibility index (Phi) is 5.46. The molecule has 0 aromatic heterocycles. The van der Waals surface area contributed by atoms with Gasteiger partial charge < -0.3 is 14.2 Å². The predicted octanol–water partition coefficient (Wildman–Crippen LogP) is 4.22. The van der Waals surface area contributed by atoms with Gasteiger partial charge in [-0.1, -0.05) is 56.7 Å². The summed E-state index contributed by atoms with van der Waals surface area (Å²) >= 11 is 0. The summed E-state index contributed by atoms with van der Waals surface area (Å²) in [5.41, 5.74) is 2.47. The van der Waals surface area contributed by atoms with E-state index in [1.807, 2.05) is 19.1 Å². The molecule has 0 saturated carbocycles. The third-order valence-corrected chi connectivity index (χ3v) is 4.98. The molecule has 2 unspecified atom stereocenters. The van der Waals surface area contributed by atoms with Gasteiger partial charge in [0.25, 0.3) is 0 Å². The van der Waals surface area contributed by atoms with Gasteiger partial charge in [0.05, 0.1) is 5.56 Å². The summed E-state index contributed by atoms with van der Waals surface area (Å²) in [6.45, 7) is 10.5. The van der Waals surface area contributed by atoms with E-state index < -0.39 is 29.6 Å². The van der Waals surface area contributed by atoms with E-state index in [4.69, 9.17) is 14.2 Å². The molecule has 2 atom stereocenters. The van der Waals surface area contributed by atoms with Crippen LogP contribution >= 0.6 is 0 Å². The van der Waals surface area contributed by atoms with Crippen LogP contribution in [0.25, 0.3) is 0 Å². The molecule has 6 heteroatoms. The molecule has 1 aliphatic rings. The zero-order valence-corrected chi connectivity index (χ0v) is 18.1. The van der Waals surface area contributed by atoms with Crippen molar-refractivity contribution >= 4 is 17.7 Å². The fraction of sp³-hybridized carbons (Fsp3) is 0.375. The summed E-state index contributed by atoms with van der Waals surface area (Å²) in [4.78, 5) is 37.3. The van der Waals surface area contributed by atoms with Crippen LogP contribution in [0.2, 0.25) is 0 Å². The highest BCUT2D eigenvalue weighted by atomic mass is 16.7. The summed E-state index contributed by atoms with van der Waals surface area (Å²) in [7, 11) is 0. The van der Waals surface area contributed by atoms with Gasteiger partial charge in [0, 0.05) is 19.4 Å². The minimum absolute atomic E-state index is 0.101. The number of ketones is 1. The monoisotopic (exact) mass is 410 g/mol. The Morgan fingerprint density at radius 3 is 2.17 bits per heavy atom. The second kappa shape index (κ2) is 7.59. The molecular weight excluding hydrogens is 384 g/mol. The Labute approximate surface area is 176 Å². The van der Waals surface area contributed by atoms with Crippen molar-refractivity contribution in [3.8, 4) is 5.75 Å². The number of hydrogen-bond acceptors (Lipinski definition) is 6. The van der Waals surface area contributed by atoms with E-state index in [0.29, 0.717) is 5.56 Å². The molecule has 1 aliphatic heterocycles. The summed E-state index contributed by atoms with van der Waals surface area (Å²) in [6.07, 6.45) is -1.48. The van der Waals surface area contributed by atoms with Gasteiger partial charge in [-0.2, -0.15) is 0 Å². The SMILES string of the molecule is CC(=O)OC1C(=O)c2cc(C)ccc2OC1(OC(C)=O)c1ccc(C(C)(C)C)cc1. The Morgan fingerprint density at radius 1 is 1.00 bits per heavy atom. The normalized spacial score (nSPS) is 20.7. The number of esters is 2. The highest BCUT2D eigenvalue weighted by Gasteiger charge is 2.57. The largest absolute Gasteiger partial charge is 0.445 e. The molecule has 0 aliphatic carbocycles. The summed E-state index contributed by atoms with van der Waals surface area (Å²) < 4.78 is 17.1. The van der Waals surface area contributed by atoms with Crippen LogP contribution < -0.4 is 4.74 Å². The first kappa shape index (κ1) is 21.6. The summed E-state index contributed by atoms with van der Waals surface area (Å²) in [5, 5.41) is 0. The highest BCUT2D eigenvalue weighted by Crippen LogP contribution is 2.43. The Bertz CT molecular complexity index is 999. The fourth-order valence-electron chi connectivity index (χ4n) is 3.51. The van der Waals surface area contributed by atoms with E-state index in [2.05, 4.69) is 20.8 Å². The maximum absolute atomic E-state index is 13.4. The summed E-state index contributed by atoms with van der Waals surface area (Å²) in [6, 6.07) is 12.3. The molecule has 0 radical (unpaired) electrons. The fourth-order valence-corrected chi connectivity index (χ4v) is 3.51. The third kappa shape index (κ3) is 3.95. The minimum atomic E-state index is -1.92. The molecule has 158 valence electrons. The zero-order valence-electron chi connectivity index (χ0n) is 18.1. The lowest BCUT2D eigenvalue weighted by molar-refractivity contribution is -0.238. The van der Waals surface area contributed by atoms with Crippen LogP contribution in [0.3, 0.4) is 0 Å². The molecule has 1 heterocycles. The molecule has 3 rings (SSSR count). The van der Waals surface area contributed by atoms with Crippen molar-refractivity contribution < 1.29 is 28.6 Å².